The van der Waals surface area contributed by atoms with Gasteiger partial charge in [0.2, 0.25) is 0 Å². The topological polar surface area (TPSA) is 89.7 Å². The Labute approximate surface area is 158 Å². The zero-order valence-corrected chi connectivity index (χ0v) is 15.7. The smallest absolute Gasteiger partial charge is 0.278 e. The molecule has 10 heteroatoms. The van der Waals surface area contributed by atoms with E-state index in [0.29, 0.717) is 11.4 Å². The summed E-state index contributed by atoms with van der Waals surface area (Å²) >= 11 is 6.21. The van der Waals surface area contributed by atoms with Crippen LogP contribution in [0.2, 0.25) is 5.15 Å². The normalized spacial score (nSPS) is 12.3. The summed E-state index contributed by atoms with van der Waals surface area (Å²) in [6, 6.07) is 3.53. The second-order valence-electron chi connectivity index (χ2n) is 4.99. The number of amides is 1. The molecule has 0 bridgehead atoms. The van der Waals surface area contributed by atoms with E-state index in [4.69, 9.17) is 18.0 Å². The zero-order chi connectivity index (χ0) is 19.1. The number of oxime groups is 1. The van der Waals surface area contributed by atoms with Crippen molar-refractivity contribution in [2.75, 3.05) is 30.6 Å². The number of nitrogens with zero attached hydrogens (tertiary/aromatic N) is 5. The third-order valence-electron chi connectivity index (χ3n) is 3.14. The fourth-order valence-electron chi connectivity index (χ4n) is 2.09. The van der Waals surface area contributed by atoms with Crippen LogP contribution in [0.1, 0.15) is 0 Å². The number of carbonyl (C=O) groups excluding carboxylic acids is 1. The molecule has 1 amide bonds. The number of pyridine rings is 1. The second-order valence-corrected chi connectivity index (χ2v) is 6.79. The van der Waals surface area contributed by atoms with Crippen molar-refractivity contribution in [1.82, 2.24) is 14.8 Å². The van der Waals surface area contributed by atoms with E-state index >= 15 is 0 Å². The molecular formula is C16H16ClN5O3S. The molecule has 8 nitrogen and oxygen atoms in total. The minimum Gasteiger partial charge on any atom is -0.399 e. The van der Waals surface area contributed by atoms with Gasteiger partial charge in [-0.25, -0.2) is 4.68 Å². The maximum absolute atomic E-state index is 12.8. The fourth-order valence-corrected chi connectivity index (χ4v) is 2.88. The molecule has 0 saturated carbocycles. The summed E-state index contributed by atoms with van der Waals surface area (Å²) in [4.78, 5) is 22.8. The third-order valence-corrected chi connectivity index (χ3v) is 4.08. The number of rotatable bonds is 7. The molecule has 26 heavy (non-hydrogen) atoms. The van der Waals surface area contributed by atoms with Gasteiger partial charge in [0.15, 0.2) is 10.9 Å². The van der Waals surface area contributed by atoms with Gasteiger partial charge in [-0.1, -0.05) is 22.7 Å². The number of anilines is 1. The maximum Gasteiger partial charge on any atom is 0.278 e. The van der Waals surface area contributed by atoms with Crippen molar-refractivity contribution in [3.05, 3.63) is 35.9 Å². The quantitative estimate of drug-likeness (QED) is 0.401. The molecule has 2 aromatic rings. The molecule has 1 atom stereocenters. The van der Waals surface area contributed by atoms with Crippen LogP contribution in [-0.2, 0) is 20.4 Å². The Morgan fingerprint density at radius 3 is 2.92 bits per heavy atom. The minimum absolute atomic E-state index is 0.0335. The van der Waals surface area contributed by atoms with Crippen LogP contribution in [0.15, 0.2) is 35.9 Å². The van der Waals surface area contributed by atoms with Crippen molar-refractivity contribution in [2.45, 2.75) is 0 Å². The lowest BCUT2D eigenvalue weighted by Crippen LogP contribution is -2.39. The van der Waals surface area contributed by atoms with Gasteiger partial charge in [-0.15, -0.1) is 6.42 Å². The van der Waals surface area contributed by atoms with E-state index in [1.165, 1.54) is 22.9 Å². The van der Waals surface area contributed by atoms with Crippen molar-refractivity contribution >= 4 is 39.7 Å². The molecule has 0 spiro atoms. The van der Waals surface area contributed by atoms with Gasteiger partial charge in [-0.2, -0.15) is 5.10 Å². The van der Waals surface area contributed by atoms with Gasteiger partial charge < -0.3 is 4.84 Å². The van der Waals surface area contributed by atoms with Gasteiger partial charge in [0.25, 0.3) is 5.91 Å². The summed E-state index contributed by atoms with van der Waals surface area (Å²) in [5.41, 5.74) is 0.923. The molecule has 2 rings (SSSR count). The van der Waals surface area contributed by atoms with Gasteiger partial charge in [0.1, 0.15) is 12.8 Å². The number of terminal acetylenes is 1. The van der Waals surface area contributed by atoms with Crippen LogP contribution < -0.4 is 4.90 Å². The molecule has 0 radical (unpaired) electrons. The lowest BCUT2D eigenvalue weighted by Gasteiger charge is -2.19. The highest BCUT2D eigenvalue weighted by Gasteiger charge is 2.26. The van der Waals surface area contributed by atoms with E-state index in [1.54, 1.807) is 30.7 Å². The number of hydrogen-bond donors (Lipinski definition) is 0. The SMILES string of the molecule is C#CCN(C(=O)/C(CS(C)=O)=N/OC)c1cn(-c2cccnc2)nc1Cl. The van der Waals surface area contributed by atoms with Crippen molar-refractivity contribution in [3.63, 3.8) is 0 Å². The van der Waals surface area contributed by atoms with E-state index in [2.05, 4.69) is 26.0 Å². The summed E-state index contributed by atoms with van der Waals surface area (Å²) in [6.07, 6.45) is 11.6. The Kier molecular flexibility index (Phi) is 6.89. The second kappa shape index (κ2) is 9.12. The average Bonchev–Trinajstić information content (AvgIpc) is 3.00. The van der Waals surface area contributed by atoms with Crippen LogP contribution >= 0.6 is 11.6 Å². The van der Waals surface area contributed by atoms with Crippen LogP contribution in [-0.4, -0.2) is 56.3 Å². The lowest BCUT2D eigenvalue weighted by atomic mass is 10.3. The molecule has 2 aromatic heterocycles. The first-order valence-corrected chi connectivity index (χ1v) is 9.39. The highest BCUT2D eigenvalue weighted by molar-refractivity contribution is 7.85. The highest BCUT2D eigenvalue weighted by Crippen LogP contribution is 2.26. The van der Waals surface area contributed by atoms with Crippen LogP contribution in [0.5, 0.6) is 0 Å². The van der Waals surface area contributed by atoms with E-state index in [1.807, 2.05) is 0 Å². The molecule has 136 valence electrons. The summed E-state index contributed by atoms with van der Waals surface area (Å²) in [5, 5.41) is 7.93. The first-order valence-electron chi connectivity index (χ1n) is 7.28. The largest absolute Gasteiger partial charge is 0.399 e. The molecule has 0 aliphatic rings. The van der Waals surface area contributed by atoms with Crippen molar-refractivity contribution in [1.29, 1.82) is 0 Å². The van der Waals surface area contributed by atoms with Crippen molar-refractivity contribution < 1.29 is 13.8 Å². The molecule has 2 heterocycles. The minimum atomic E-state index is -1.30. The Bertz CT molecular complexity index is 876. The zero-order valence-electron chi connectivity index (χ0n) is 14.1. The van der Waals surface area contributed by atoms with Crippen LogP contribution in [0.4, 0.5) is 5.69 Å². The van der Waals surface area contributed by atoms with Gasteiger partial charge in [-0.3, -0.25) is 18.9 Å². The fraction of sp³-hybridized carbons (Fsp3) is 0.250. The Balaban J connectivity index is 2.42. The first-order chi connectivity index (χ1) is 12.5. The standard InChI is InChI=1S/C16H16ClN5O3S/c1-4-8-21(16(23)13(20-25-2)11-26(3)24)14-10-22(19-15(14)17)12-6-5-7-18-9-12/h1,5-7,9-10H,8,11H2,2-3H3/b20-13+. The molecule has 0 aliphatic carbocycles. The van der Waals surface area contributed by atoms with E-state index < -0.39 is 16.7 Å². The number of halogens is 1. The van der Waals surface area contributed by atoms with E-state index in [0.717, 1.165) is 0 Å². The van der Waals surface area contributed by atoms with Gasteiger partial charge in [0.05, 0.1) is 30.4 Å². The summed E-state index contributed by atoms with van der Waals surface area (Å²) in [5.74, 6) is 1.76. The molecular weight excluding hydrogens is 378 g/mol. The average molecular weight is 394 g/mol. The van der Waals surface area contributed by atoms with Crippen molar-refractivity contribution in [3.8, 4) is 18.0 Å². The summed E-state index contributed by atoms with van der Waals surface area (Å²) in [7, 11) is -0.0000172. The van der Waals surface area contributed by atoms with Crippen LogP contribution in [0.25, 0.3) is 5.69 Å². The first kappa shape index (κ1) is 19.6. The highest BCUT2D eigenvalue weighted by atomic mass is 35.5. The molecule has 0 fully saturated rings. The molecule has 0 N–H and O–H groups in total. The van der Waals surface area contributed by atoms with Crippen molar-refractivity contribution in [2.24, 2.45) is 5.16 Å². The van der Waals surface area contributed by atoms with E-state index in [9.17, 15) is 9.00 Å². The summed E-state index contributed by atoms with van der Waals surface area (Å²) in [6.45, 7) is -0.0730. The monoisotopic (exact) mass is 393 g/mol. The van der Waals surface area contributed by atoms with Gasteiger partial charge >= 0.3 is 0 Å². The van der Waals surface area contributed by atoms with Crippen LogP contribution in [0.3, 0.4) is 0 Å². The maximum atomic E-state index is 12.8. The Morgan fingerprint density at radius 1 is 1.58 bits per heavy atom. The summed E-state index contributed by atoms with van der Waals surface area (Å²) < 4.78 is 13.0. The van der Waals surface area contributed by atoms with Gasteiger partial charge in [0, 0.05) is 23.3 Å². The molecule has 0 saturated heterocycles. The van der Waals surface area contributed by atoms with Crippen LogP contribution in [0, 0.1) is 12.3 Å². The third kappa shape index (κ3) is 4.68. The Morgan fingerprint density at radius 2 is 2.35 bits per heavy atom. The molecule has 0 aromatic carbocycles. The molecule has 0 aliphatic heterocycles. The lowest BCUT2D eigenvalue weighted by molar-refractivity contribution is -0.112. The van der Waals surface area contributed by atoms with Gasteiger partial charge in [-0.05, 0) is 12.1 Å². The predicted octanol–water partition coefficient (Wildman–Crippen LogP) is 1.27. The predicted molar refractivity (Wildman–Crippen MR) is 101 cm³/mol. The number of aromatic nitrogens is 3. The number of carbonyl (C=O) groups is 1. The van der Waals surface area contributed by atoms with E-state index in [-0.39, 0.29) is 23.2 Å². The number of hydrogen-bond acceptors (Lipinski definition) is 6. The molecule has 1 unspecified atom stereocenters. The Hall–Kier alpha value is -2.70.